The Morgan fingerprint density at radius 2 is 1.74 bits per heavy atom. The van der Waals surface area contributed by atoms with Crippen molar-refractivity contribution in [2.45, 2.75) is 19.8 Å². The molecule has 2 aromatic carbocycles. The van der Waals surface area contributed by atoms with E-state index in [1.54, 1.807) is 29.2 Å². The van der Waals surface area contributed by atoms with Gasteiger partial charge in [-0.05, 0) is 55.5 Å². The zero-order valence-corrected chi connectivity index (χ0v) is 19.7. The van der Waals surface area contributed by atoms with Gasteiger partial charge in [0.1, 0.15) is 5.75 Å². The Kier molecular flexibility index (Phi) is 7.59. The predicted octanol–water partition coefficient (Wildman–Crippen LogP) is 4.88. The van der Waals surface area contributed by atoms with E-state index in [-0.39, 0.29) is 18.4 Å². The number of ether oxygens (including phenoxy) is 2. The molecule has 1 aromatic heterocycles. The van der Waals surface area contributed by atoms with Gasteiger partial charge in [0.25, 0.3) is 11.8 Å². The van der Waals surface area contributed by atoms with Crippen LogP contribution in [0.2, 0.25) is 0 Å². The van der Waals surface area contributed by atoms with Crippen LogP contribution in [0.1, 0.15) is 28.1 Å². The molecule has 2 amide bonds. The molecule has 0 saturated carbocycles. The number of para-hydroxylation sites is 2. The third-order valence-electron chi connectivity index (χ3n) is 5.60. The molecule has 0 radical (unpaired) electrons. The largest absolute Gasteiger partial charge is 0.455 e. The number of aryl methyl sites for hydroxylation is 1. The average Bonchev–Trinajstić information content (AvgIpc) is 3.40. The number of rotatable bonds is 7. The minimum Gasteiger partial charge on any atom is -0.455 e. The summed E-state index contributed by atoms with van der Waals surface area (Å²) in [4.78, 5) is 39.8. The van der Waals surface area contributed by atoms with Crippen LogP contribution < -0.4 is 10.1 Å². The second kappa shape index (κ2) is 11.0. The van der Waals surface area contributed by atoms with E-state index in [0.717, 1.165) is 5.56 Å². The van der Waals surface area contributed by atoms with Crippen LogP contribution in [0.4, 0.5) is 5.69 Å². The highest BCUT2D eigenvalue weighted by molar-refractivity contribution is 7.12. The van der Waals surface area contributed by atoms with Crippen molar-refractivity contribution in [2.24, 2.45) is 5.92 Å². The number of nitrogens with zero attached hydrogens (tertiary/aromatic N) is 1. The first-order valence-electron chi connectivity index (χ1n) is 11.1. The molecule has 4 rings (SSSR count). The Morgan fingerprint density at radius 3 is 2.44 bits per heavy atom. The van der Waals surface area contributed by atoms with Gasteiger partial charge in [0.15, 0.2) is 12.4 Å². The molecule has 34 heavy (non-hydrogen) atoms. The molecule has 1 fully saturated rings. The molecule has 0 spiro atoms. The number of thiophene rings is 1. The number of carbonyl (C=O) groups excluding carboxylic acids is 3. The Bertz CT molecular complexity index is 1140. The fourth-order valence-corrected chi connectivity index (χ4v) is 4.40. The molecule has 1 saturated heterocycles. The van der Waals surface area contributed by atoms with Crippen molar-refractivity contribution in [1.82, 2.24) is 4.90 Å². The van der Waals surface area contributed by atoms with Crippen LogP contribution in [0.25, 0.3) is 0 Å². The zero-order valence-electron chi connectivity index (χ0n) is 18.9. The van der Waals surface area contributed by atoms with Gasteiger partial charge in [0, 0.05) is 13.1 Å². The number of nitrogens with one attached hydrogen (secondary N) is 1. The fraction of sp³-hybridized carbons (Fsp3) is 0.269. The van der Waals surface area contributed by atoms with E-state index < -0.39 is 11.9 Å². The molecule has 7 nitrogen and oxygen atoms in total. The number of esters is 1. The normalized spacial score (nSPS) is 13.9. The maximum Gasteiger partial charge on any atom is 0.309 e. The molecule has 2 heterocycles. The molecule has 0 unspecified atom stereocenters. The van der Waals surface area contributed by atoms with Gasteiger partial charge in [-0.3, -0.25) is 14.4 Å². The molecule has 176 valence electrons. The lowest BCUT2D eigenvalue weighted by Crippen LogP contribution is -2.40. The van der Waals surface area contributed by atoms with Gasteiger partial charge in [-0.1, -0.05) is 35.9 Å². The van der Waals surface area contributed by atoms with E-state index in [2.05, 4.69) is 5.32 Å². The molecule has 8 heteroatoms. The van der Waals surface area contributed by atoms with Crippen molar-refractivity contribution in [1.29, 1.82) is 0 Å². The van der Waals surface area contributed by atoms with Crippen molar-refractivity contribution < 1.29 is 23.9 Å². The number of amides is 2. The van der Waals surface area contributed by atoms with Gasteiger partial charge in [-0.15, -0.1) is 11.3 Å². The van der Waals surface area contributed by atoms with Crippen molar-refractivity contribution in [2.75, 3.05) is 25.0 Å². The van der Waals surface area contributed by atoms with Crippen molar-refractivity contribution in [3.63, 3.8) is 0 Å². The highest BCUT2D eigenvalue weighted by atomic mass is 32.1. The maximum absolute atomic E-state index is 12.5. The minimum atomic E-state index is -0.446. The lowest BCUT2D eigenvalue weighted by Gasteiger charge is -2.30. The smallest absolute Gasteiger partial charge is 0.309 e. The van der Waals surface area contributed by atoms with Gasteiger partial charge in [0.05, 0.1) is 16.5 Å². The number of piperidine rings is 1. The van der Waals surface area contributed by atoms with Gasteiger partial charge >= 0.3 is 5.97 Å². The fourth-order valence-electron chi connectivity index (χ4n) is 3.71. The third kappa shape index (κ3) is 6.02. The Balaban J connectivity index is 1.25. The molecular formula is C26H26N2O5S. The molecule has 1 aliphatic rings. The zero-order chi connectivity index (χ0) is 23.9. The molecule has 3 aromatic rings. The molecule has 1 aliphatic heterocycles. The summed E-state index contributed by atoms with van der Waals surface area (Å²) >= 11 is 1.41. The van der Waals surface area contributed by atoms with Gasteiger partial charge < -0.3 is 19.7 Å². The van der Waals surface area contributed by atoms with Gasteiger partial charge in [0.2, 0.25) is 0 Å². The van der Waals surface area contributed by atoms with Crippen LogP contribution in [-0.4, -0.2) is 42.4 Å². The van der Waals surface area contributed by atoms with Crippen LogP contribution in [0.5, 0.6) is 11.5 Å². The Labute approximate surface area is 202 Å². The number of hydrogen-bond acceptors (Lipinski definition) is 6. The predicted molar refractivity (Wildman–Crippen MR) is 130 cm³/mol. The number of carbonyl (C=O) groups is 3. The molecule has 1 N–H and O–H groups in total. The van der Waals surface area contributed by atoms with Crippen LogP contribution >= 0.6 is 11.3 Å². The standard InChI is InChI=1S/C26H26N2O5S/c1-18-8-10-20(11-9-18)33-22-6-3-2-5-21(22)27-24(29)17-32-26(31)19-12-14-28(15-13-19)25(30)23-7-4-16-34-23/h2-11,16,19H,12-15,17H2,1H3,(H,27,29). The van der Waals surface area contributed by atoms with Gasteiger partial charge in [-0.2, -0.15) is 0 Å². The maximum atomic E-state index is 12.5. The lowest BCUT2D eigenvalue weighted by atomic mass is 9.97. The topological polar surface area (TPSA) is 84.9 Å². The first-order chi connectivity index (χ1) is 16.5. The third-order valence-corrected chi connectivity index (χ3v) is 6.46. The summed E-state index contributed by atoms with van der Waals surface area (Å²) in [5, 5.41) is 4.62. The summed E-state index contributed by atoms with van der Waals surface area (Å²) in [6.45, 7) is 2.60. The number of hydrogen-bond donors (Lipinski definition) is 1. The summed E-state index contributed by atoms with van der Waals surface area (Å²) in [5.74, 6) is -0.0392. The van der Waals surface area contributed by atoms with Gasteiger partial charge in [-0.25, -0.2) is 0 Å². The first kappa shape index (κ1) is 23.5. The summed E-state index contributed by atoms with van der Waals surface area (Å²) in [5.41, 5.74) is 1.61. The Hall–Kier alpha value is -3.65. The summed E-state index contributed by atoms with van der Waals surface area (Å²) < 4.78 is 11.1. The van der Waals surface area contributed by atoms with E-state index >= 15 is 0 Å². The van der Waals surface area contributed by atoms with E-state index in [0.29, 0.717) is 48.0 Å². The number of anilines is 1. The van der Waals surface area contributed by atoms with Crippen molar-refractivity contribution in [3.05, 3.63) is 76.5 Å². The highest BCUT2D eigenvalue weighted by Crippen LogP contribution is 2.29. The first-order valence-corrected chi connectivity index (χ1v) is 12.0. The van der Waals surface area contributed by atoms with Crippen molar-refractivity contribution in [3.8, 4) is 11.5 Å². The number of benzene rings is 2. The average molecular weight is 479 g/mol. The Morgan fingerprint density at radius 1 is 1.00 bits per heavy atom. The monoisotopic (exact) mass is 478 g/mol. The summed E-state index contributed by atoms with van der Waals surface area (Å²) in [6, 6.07) is 18.3. The molecule has 0 atom stereocenters. The minimum absolute atomic E-state index is 0.00674. The van der Waals surface area contributed by atoms with Crippen LogP contribution in [0.15, 0.2) is 66.0 Å². The molecular weight excluding hydrogens is 452 g/mol. The van der Waals surface area contributed by atoms with E-state index in [1.807, 2.05) is 48.7 Å². The highest BCUT2D eigenvalue weighted by Gasteiger charge is 2.29. The second-order valence-corrected chi connectivity index (χ2v) is 9.06. The summed E-state index contributed by atoms with van der Waals surface area (Å²) in [7, 11) is 0. The second-order valence-electron chi connectivity index (χ2n) is 8.11. The number of likely N-dealkylation sites (tertiary alicyclic amines) is 1. The molecule has 0 bridgehead atoms. The van der Waals surface area contributed by atoms with Crippen LogP contribution in [-0.2, 0) is 14.3 Å². The van der Waals surface area contributed by atoms with E-state index in [9.17, 15) is 14.4 Å². The van der Waals surface area contributed by atoms with E-state index in [1.165, 1.54) is 11.3 Å². The molecule has 0 aliphatic carbocycles. The lowest BCUT2D eigenvalue weighted by molar-refractivity contribution is -0.152. The van der Waals surface area contributed by atoms with E-state index in [4.69, 9.17) is 9.47 Å². The van der Waals surface area contributed by atoms with Crippen LogP contribution in [0.3, 0.4) is 0 Å². The van der Waals surface area contributed by atoms with Crippen molar-refractivity contribution >= 4 is 34.8 Å². The van der Waals surface area contributed by atoms with Crippen LogP contribution in [0, 0.1) is 12.8 Å². The quantitative estimate of drug-likeness (QED) is 0.489. The SMILES string of the molecule is Cc1ccc(Oc2ccccc2NC(=O)COC(=O)C2CCN(C(=O)c3cccs3)CC2)cc1. The summed E-state index contributed by atoms with van der Waals surface area (Å²) in [6.07, 6.45) is 1.04.